The van der Waals surface area contributed by atoms with Gasteiger partial charge in [-0.05, 0) is 55.8 Å². The van der Waals surface area contributed by atoms with Gasteiger partial charge in [0.1, 0.15) is 5.75 Å². The van der Waals surface area contributed by atoms with E-state index in [0.29, 0.717) is 6.04 Å². The van der Waals surface area contributed by atoms with Crippen molar-refractivity contribution in [3.05, 3.63) is 29.8 Å². The Bertz CT molecular complexity index is 370. The number of benzene rings is 1. The van der Waals surface area contributed by atoms with Gasteiger partial charge in [-0.25, -0.2) is 0 Å². The van der Waals surface area contributed by atoms with E-state index in [9.17, 15) is 0 Å². The number of rotatable bonds is 9. The summed E-state index contributed by atoms with van der Waals surface area (Å²) in [6.45, 7) is 13.0. The average Bonchev–Trinajstić information content (AvgIpc) is 2.44. The summed E-state index contributed by atoms with van der Waals surface area (Å²) in [5, 5.41) is 3.42. The molecule has 0 aromatic heterocycles. The molecule has 1 aromatic rings. The van der Waals surface area contributed by atoms with E-state index in [4.69, 9.17) is 4.74 Å². The van der Waals surface area contributed by atoms with Crippen LogP contribution in [0.1, 0.15) is 59.4 Å². The maximum Gasteiger partial charge on any atom is 0.119 e. The minimum atomic E-state index is 0.250. The van der Waals surface area contributed by atoms with Crippen molar-refractivity contribution in [2.45, 2.75) is 65.3 Å². The summed E-state index contributed by atoms with van der Waals surface area (Å²) in [5.41, 5.74) is 1.63. The van der Waals surface area contributed by atoms with Gasteiger partial charge in [-0.15, -0.1) is 0 Å². The highest BCUT2D eigenvalue weighted by Crippen LogP contribution is 2.28. The molecule has 0 saturated heterocycles. The van der Waals surface area contributed by atoms with Gasteiger partial charge in [0.2, 0.25) is 0 Å². The monoisotopic (exact) mass is 277 g/mol. The molecule has 0 saturated carbocycles. The molecule has 114 valence electrons. The zero-order valence-corrected chi connectivity index (χ0v) is 13.8. The highest BCUT2D eigenvalue weighted by molar-refractivity contribution is 5.31. The normalized spacial score (nSPS) is 13.2. The first kappa shape index (κ1) is 17.0. The van der Waals surface area contributed by atoms with Gasteiger partial charge < -0.3 is 10.1 Å². The van der Waals surface area contributed by atoms with Crippen molar-refractivity contribution in [2.24, 2.45) is 0 Å². The first-order valence-electron chi connectivity index (χ1n) is 7.96. The van der Waals surface area contributed by atoms with Gasteiger partial charge in [0.25, 0.3) is 0 Å². The Morgan fingerprint density at radius 3 is 2.35 bits per heavy atom. The highest BCUT2D eigenvalue weighted by atomic mass is 16.5. The van der Waals surface area contributed by atoms with Crippen molar-refractivity contribution < 1.29 is 4.74 Å². The van der Waals surface area contributed by atoms with E-state index in [-0.39, 0.29) is 5.41 Å². The zero-order chi connectivity index (χ0) is 15.0. The van der Waals surface area contributed by atoms with Crippen molar-refractivity contribution in [3.63, 3.8) is 0 Å². The molecule has 0 amide bonds. The Hall–Kier alpha value is -1.02. The first-order valence-corrected chi connectivity index (χ1v) is 7.96. The lowest BCUT2D eigenvalue weighted by Crippen LogP contribution is -2.25. The van der Waals surface area contributed by atoms with Gasteiger partial charge in [0, 0.05) is 6.04 Å². The van der Waals surface area contributed by atoms with Crippen LogP contribution < -0.4 is 10.1 Å². The fourth-order valence-electron chi connectivity index (χ4n) is 2.24. The van der Waals surface area contributed by atoms with Crippen LogP contribution in [0.15, 0.2) is 24.3 Å². The van der Waals surface area contributed by atoms with Crippen molar-refractivity contribution in [1.29, 1.82) is 0 Å². The standard InChI is InChI=1S/C18H31NO/c1-6-18(4,5)16-10-12-17(13-11-16)20-14-8-9-15(3)19-7-2/h10-13,15,19H,6-9,14H2,1-5H3. The third-order valence-electron chi connectivity index (χ3n) is 4.12. The topological polar surface area (TPSA) is 21.3 Å². The second-order valence-electron chi connectivity index (χ2n) is 6.21. The van der Waals surface area contributed by atoms with Crippen LogP contribution in [0, 0.1) is 0 Å². The van der Waals surface area contributed by atoms with Gasteiger partial charge in [-0.2, -0.15) is 0 Å². The third kappa shape index (κ3) is 5.54. The van der Waals surface area contributed by atoms with Crippen molar-refractivity contribution in [1.82, 2.24) is 5.32 Å². The maximum atomic E-state index is 5.81. The Morgan fingerprint density at radius 2 is 1.80 bits per heavy atom. The predicted octanol–water partition coefficient (Wildman–Crippen LogP) is 4.53. The molecule has 0 aliphatic carbocycles. The van der Waals surface area contributed by atoms with Gasteiger partial charge >= 0.3 is 0 Å². The minimum Gasteiger partial charge on any atom is -0.494 e. The summed E-state index contributed by atoms with van der Waals surface area (Å²) in [6.07, 6.45) is 3.40. The lowest BCUT2D eigenvalue weighted by molar-refractivity contribution is 0.298. The van der Waals surface area contributed by atoms with Gasteiger partial charge in [0.05, 0.1) is 6.61 Å². The van der Waals surface area contributed by atoms with Crippen LogP contribution in [0.2, 0.25) is 0 Å². The predicted molar refractivity (Wildman–Crippen MR) is 87.6 cm³/mol. The Morgan fingerprint density at radius 1 is 1.15 bits per heavy atom. The smallest absolute Gasteiger partial charge is 0.119 e. The summed E-state index contributed by atoms with van der Waals surface area (Å²) in [7, 11) is 0. The molecule has 0 fully saturated rings. The van der Waals surface area contributed by atoms with E-state index in [1.165, 1.54) is 5.56 Å². The molecule has 1 N–H and O–H groups in total. The number of hydrogen-bond donors (Lipinski definition) is 1. The number of hydrogen-bond acceptors (Lipinski definition) is 2. The summed E-state index contributed by atoms with van der Waals surface area (Å²) >= 11 is 0. The SMILES string of the molecule is CCNC(C)CCCOc1ccc(C(C)(C)CC)cc1. The highest BCUT2D eigenvalue weighted by Gasteiger charge is 2.17. The van der Waals surface area contributed by atoms with E-state index in [2.05, 4.69) is 64.2 Å². The van der Waals surface area contributed by atoms with Crippen LogP contribution in [-0.2, 0) is 5.41 Å². The van der Waals surface area contributed by atoms with Crippen LogP contribution in [0.3, 0.4) is 0 Å². The molecule has 1 aromatic carbocycles. The summed E-state index contributed by atoms with van der Waals surface area (Å²) in [6, 6.07) is 9.16. The molecule has 2 heteroatoms. The van der Waals surface area contributed by atoms with E-state index < -0.39 is 0 Å². The lowest BCUT2D eigenvalue weighted by atomic mass is 9.82. The second kappa shape index (κ2) is 8.31. The maximum absolute atomic E-state index is 5.81. The van der Waals surface area contributed by atoms with Crippen LogP contribution >= 0.6 is 0 Å². The number of nitrogens with one attached hydrogen (secondary N) is 1. The van der Waals surface area contributed by atoms with Crippen LogP contribution in [0.4, 0.5) is 0 Å². The molecule has 0 heterocycles. The Labute approximate surface area is 124 Å². The molecular weight excluding hydrogens is 246 g/mol. The lowest BCUT2D eigenvalue weighted by Gasteiger charge is -2.23. The fourth-order valence-corrected chi connectivity index (χ4v) is 2.24. The first-order chi connectivity index (χ1) is 9.49. The molecule has 1 rings (SSSR count). The average molecular weight is 277 g/mol. The molecular formula is C18H31NO. The largest absolute Gasteiger partial charge is 0.494 e. The molecule has 0 aliphatic heterocycles. The summed E-state index contributed by atoms with van der Waals surface area (Å²) < 4.78 is 5.81. The molecule has 2 nitrogen and oxygen atoms in total. The van der Waals surface area contributed by atoms with E-state index in [1.54, 1.807) is 0 Å². The summed E-state index contributed by atoms with van der Waals surface area (Å²) in [5.74, 6) is 0.983. The van der Waals surface area contributed by atoms with Gasteiger partial charge in [-0.1, -0.05) is 39.8 Å². The van der Waals surface area contributed by atoms with E-state index in [0.717, 1.165) is 38.2 Å². The molecule has 0 aliphatic rings. The third-order valence-corrected chi connectivity index (χ3v) is 4.12. The summed E-state index contributed by atoms with van der Waals surface area (Å²) in [4.78, 5) is 0. The van der Waals surface area contributed by atoms with Crippen molar-refractivity contribution >= 4 is 0 Å². The van der Waals surface area contributed by atoms with Crippen LogP contribution in [-0.4, -0.2) is 19.2 Å². The Kier molecular flexibility index (Phi) is 7.08. The number of ether oxygens (including phenoxy) is 1. The fraction of sp³-hybridized carbons (Fsp3) is 0.667. The Balaban J connectivity index is 2.35. The van der Waals surface area contributed by atoms with Crippen molar-refractivity contribution in [2.75, 3.05) is 13.2 Å². The van der Waals surface area contributed by atoms with Crippen molar-refractivity contribution in [3.8, 4) is 5.75 Å². The molecule has 20 heavy (non-hydrogen) atoms. The molecule has 0 radical (unpaired) electrons. The zero-order valence-electron chi connectivity index (χ0n) is 13.8. The van der Waals surface area contributed by atoms with Gasteiger partial charge in [0.15, 0.2) is 0 Å². The molecule has 0 bridgehead atoms. The minimum absolute atomic E-state index is 0.250. The van der Waals surface area contributed by atoms with E-state index >= 15 is 0 Å². The van der Waals surface area contributed by atoms with Crippen LogP contribution in [0.25, 0.3) is 0 Å². The quantitative estimate of drug-likeness (QED) is 0.670. The molecule has 0 spiro atoms. The van der Waals surface area contributed by atoms with E-state index in [1.807, 2.05) is 0 Å². The second-order valence-corrected chi connectivity index (χ2v) is 6.21. The molecule has 1 atom stereocenters. The van der Waals surface area contributed by atoms with Crippen LogP contribution in [0.5, 0.6) is 5.75 Å². The molecule has 1 unspecified atom stereocenters. The van der Waals surface area contributed by atoms with Gasteiger partial charge in [-0.3, -0.25) is 0 Å².